The lowest BCUT2D eigenvalue weighted by Crippen LogP contribution is -2.21. The zero-order valence-electron chi connectivity index (χ0n) is 7.43. The first kappa shape index (κ1) is 8.05. The van der Waals surface area contributed by atoms with Crippen LogP contribution in [0.3, 0.4) is 0 Å². The van der Waals surface area contributed by atoms with E-state index in [1.54, 1.807) is 18.9 Å². The lowest BCUT2D eigenvalue weighted by Gasteiger charge is -2.14. The SMILES string of the molecule is CC(=O)N(C)/C(C)=C1C=C\1C. The van der Waals surface area contributed by atoms with Crippen LogP contribution in [0.5, 0.6) is 0 Å². The van der Waals surface area contributed by atoms with Crippen molar-refractivity contribution in [3.63, 3.8) is 0 Å². The first-order valence-electron chi connectivity index (χ1n) is 3.68. The summed E-state index contributed by atoms with van der Waals surface area (Å²) in [5.41, 5.74) is 3.56. The molecule has 0 aliphatic heterocycles. The Morgan fingerprint density at radius 3 is 2.18 bits per heavy atom. The Kier molecular flexibility index (Phi) is 1.85. The van der Waals surface area contributed by atoms with E-state index in [0.29, 0.717) is 0 Å². The second-order valence-corrected chi connectivity index (χ2v) is 2.90. The Hall–Kier alpha value is -1.05. The van der Waals surface area contributed by atoms with Gasteiger partial charge in [-0.3, -0.25) is 4.79 Å². The predicted molar refractivity (Wildman–Crippen MR) is 44.9 cm³/mol. The van der Waals surface area contributed by atoms with Crippen molar-refractivity contribution < 1.29 is 4.79 Å². The van der Waals surface area contributed by atoms with Gasteiger partial charge in [0.15, 0.2) is 0 Å². The molecule has 0 spiro atoms. The van der Waals surface area contributed by atoms with E-state index in [9.17, 15) is 4.79 Å². The summed E-state index contributed by atoms with van der Waals surface area (Å²) in [6, 6.07) is 0. The molecule has 0 N–H and O–H groups in total. The molecule has 1 aliphatic carbocycles. The maximum Gasteiger partial charge on any atom is 0.223 e. The molecule has 1 amide bonds. The highest BCUT2D eigenvalue weighted by molar-refractivity contribution is 5.76. The van der Waals surface area contributed by atoms with Gasteiger partial charge in [-0.1, -0.05) is 0 Å². The minimum absolute atomic E-state index is 0.0862. The van der Waals surface area contributed by atoms with Crippen molar-refractivity contribution in [1.82, 2.24) is 4.90 Å². The maximum absolute atomic E-state index is 10.9. The lowest BCUT2D eigenvalue weighted by atomic mass is 10.3. The van der Waals surface area contributed by atoms with Crippen LogP contribution in [0.4, 0.5) is 0 Å². The average Bonchev–Trinajstić information content (AvgIpc) is 2.63. The summed E-state index contributed by atoms with van der Waals surface area (Å²) in [4.78, 5) is 12.6. The Morgan fingerprint density at radius 2 is 1.91 bits per heavy atom. The zero-order chi connectivity index (χ0) is 8.59. The van der Waals surface area contributed by atoms with Crippen LogP contribution in [-0.4, -0.2) is 17.9 Å². The summed E-state index contributed by atoms with van der Waals surface area (Å²) in [5.74, 6) is 0.0862. The van der Waals surface area contributed by atoms with Crippen molar-refractivity contribution in [2.45, 2.75) is 20.8 Å². The Bertz CT molecular complexity index is 261. The van der Waals surface area contributed by atoms with Gasteiger partial charge in [0.25, 0.3) is 0 Å². The van der Waals surface area contributed by atoms with E-state index < -0.39 is 0 Å². The third-order valence-electron chi connectivity index (χ3n) is 2.07. The van der Waals surface area contributed by atoms with Gasteiger partial charge >= 0.3 is 0 Å². The molecule has 1 rings (SSSR count). The molecule has 0 aromatic carbocycles. The van der Waals surface area contributed by atoms with Gasteiger partial charge in [0.05, 0.1) is 0 Å². The quantitative estimate of drug-likeness (QED) is 0.558. The van der Waals surface area contributed by atoms with Crippen LogP contribution in [0.25, 0.3) is 0 Å². The molecular weight excluding hydrogens is 138 g/mol. The second-order valence-electron chi connectivity index (χ2n) is 2.90. The van der Waals surface area contributed by atoms with E-state index in [1.165, 1.54) is 11.1 Å². The first-order valence-corrected chi connectivity index (χ1v) is 3.68. The lowest BCUT2D eigenvalue weighted by molar-refractivity contribution is -0.125. The third kappa shape index (κ3) is 1.50. The highest BCUT2D eigenvalue weighted by Gasteiger charge is 2.17. The second kappa shape index (κ2) is 2.53. The van der Waals surface area contributed by atoms with E-state index in [2.05, 4.69) is 6.08 Å². The summed E-state index contributed by atoms with van der Waals surface area (Å²) in [7, 11) is 1.80. The standard InChI is InChI=1S/C9H13NO/c1-6-5-9(6)7(2)10(4)8(3)11/h5H,1-4H3/b9-7+. The van der Waals surface area contributed by atoms with Gasteiger partial charge in [0.2, 0.25) is 5.91 Å². The molecule has 0 fully saturated rings. The van der Waals surface area contributed by atoms with Crippen LogP contribution in [0.2, 0.25) is 0 Å². The molecule has 0 heterocycles. The van der Waals surface area contributed by atoms with Gasteiger partial charge in [0, 0.05) is 19.7 Å². The van der Waals surface area contributed by atoms with Crippen molar-refractivity contribution in [3.8, 4) is 0 Å². The van der Waals surface area contributed by atoms with Crippen LogP contribution in [0.1, 0.15) is 20.8 Å². The van der Waals surface area contributed by atoms with Crippen LogP contribution in [-0.2, 0) is 4.79 Å². The maximum atomic E-state index is 10.9. The van der Waals surface area contributed by atoms with Crippen molar-refractivity contribution in [3.05, 3.63) is 22.9 Å². The molecule has 2 nitrogen and oxygen atoms in total. The number of allylic oxidation sites excluding steroid dienone is 4. The fourth-order valence-electron chi connectivity index (χ4n) is 0.987. The molecular formula is C9H13NO. The monoisotopic (exact) mass is 151 g/mol. The van der Waals surface area contributed by atoms with Crippen LogP contribution < -0.4 is 0 Å². The van der Waals surface area contributed by atoms with Crippen molar-refractivity contribution in [2.24, 2.45) is 0 Å². The number of rotatable bonds is 1. The van der Waals surface area contributed by atoms with Gasteiger partial charge in [-0.15, -0.1) is 0 Å². The Morgan fingerprint density at radius 1 is 1.45 bits per heavy atom. The van der Waals surface area contributed by atoms with E-state index in [0.717, 1.165) is 5.70 Å². The largest absolute Gasteiger partial charge is 0.319 e. The Labute approximate surface area is 67.2 Å². The van der Waals surface area contributed by atoms with Crippen LogP contribution in [0, 0.1) is 0 Å². The number of nitrogens with zero attached hydrogens (tertiary/aromatic N) is 1. The number of hydrogen-bond donors (Lipinski definition) is 0. The number of carbonyl (C=O) groups is 1. The summed E-state index contributed by atoms with van der Waals surface area (Å²) >= 11 is 0. The Balaban J connectivity index is 2.71. The molecule has 0 aromatic rings. The average molecular weight is 151 g/mol. The molecule has 0 atom stereocenters. The minimum Gasteiger partial charge on any atom is -0.319 e. The highest BCUT2D eigenvalue weighted by Crippen LogP contribution is 2.30. The minimum atomic E-state index is 0.0862. The van der Waals surface area contributed by atoms with Crippen LogP contribution in [0.15, 0.2) is 22.9 Å². The smallest absolute Gasteiger partial charge is 0.223 e. The number of hydrogen-bond acceptors (Lipinski definition) is 1. The fraction of sp³-hybridized carbons (Fsp3) is 0.444. The molecule has 0 unspecified atom stereocenters. The van der Waals surface area contributed by atoms with Crippen molar-refractivity contribution in [2.75, 3.05) is 7.05 Å². The topological polar surface area (TPSA) is 20.3 Å². The zero-order valence-corrected chi connectivity index (χ0v) is 7.43. The summed E-state index contributed by atoms with van der Waals surface area (Å²) in [6.07, 6.45) is 2.08. The number of carbonyl (C=O) groups excluding carboxylic acids is 1. The fourth-order valence-corrected chi connectivity index (χ4v) is 0.987. The predicted octanol–water partition coefficient (Wildman–Crippen LogP) is 1.70. The van der Waals surface area contributed by atoms with Crippen molar-refractivity contribution in [1.29, 1.82) is 0 Å². The third-order valence-corrected chi connectivity index (χ3v) is 2.07. The van der Waals surface area contributed by atoms with E-state index in [4.69, 9.17) is 0 Å². The molecule has 0 radical (unpaired) electrons. The molecule has 0 saturated carbocycles. The van der Waals surface area contributed by atoms with E-state index in [-0.39, 0.29) is 5.91 Å². The number of amides is 1. The molecule has 60 valence electrons. The van der Waals surface area contributed by atoms with Crippen molar-refractivity contribution >= 4 is 5.91 Å². The molecule has 0 bridgehead atoms. The van der Waals surface area contributed by atoms with Gasteiger partial charge < -0.3 is 4.90 Å². The summed E-state index contributed by atoms with van der Waals surface area (Å²) < 4.78 is 0. The van der Waals surface area contributed by atoms with Gasteiger partial charge in [-0.25, -0.2) is 0 Å². The van der Waals surface area contributed by atoms with E-state index >= 15 is 0 Å². The summed E-state index contributed by atoms with van der Waals surface area (Å²) in [6.45, 7) is 5.58. The molecule has 11 heavy (non-hydrogen) atoms. The molecule has 0 aromatic heterocycles. The molecule has 1 aliphatic rings. The van der Waals surface area contributed by atoms with E-state index in [1.807, 2.05) is 13.8 Å². The normalized spacial score (nSPS) is 19.1. The van der Waals surface area contributed by atoms with Gasteiger partial charge in [-0.05, 0) is 31.1 Å². The molecule has 0 saturated heterocycles. The first-order chi connectivity index (χ1) is 5.04. The van der Waals surface area contributed by atoms with Gasteiger partial charge in [0.1, 0.15) is 0 Å². The van der Waals surface area contributed by atoms with Gasteiger partial charge in [-0.2, -0.15) is 0 Å². The molecule has 2 heteroatoms. The highest BCUT2D eigenvalue weighted by atomic mass is 16.2. The van der Waals surface area contributed by atoms with Crippen LogP contribution >= 0.6 is 0 Å². The summed E-state index contributed by atoms with van der Waals surface area (Å²) in [5, 5.41) is 0.